The van der Waals surface area contributed by atoms with E-state index in [2.05, 4.69) is 40.7 Å². The van der Waals surface area contributed by atoms with Crippen LogP contribution in [-0.4, -0.2) is 5.78 Å². The van der Waals surface area contributed by atoms with Crippen LogP contribution in [0.4, 0.5) is 0 Å². The summed E-state index contributed by atoms with van der Waals surface area (Å²) in [5.41, 5.74) is 0.296. The number of carbonyl (C=O) groups is 1. The number of allylic oxidation sites excluding steroid dienone is 2. The molecule has 0 heterocycles. The molecule has 0 fully saturated rings. The van der Waals surface area contributed by atoms with Gasteiger partial charge in [-0.2, -0.15) is 0 Å². The molecule has 0 aromatic carbocycles. The summed E-state index contributed by atoms with van der Waals surface area (Å²) in [5.74, 6) is 2.13. The predicted molar refractivity (Wildman–Crippen MR) is 64.7 cm³/mol. The molecule has 0 amide bonds. The lowest BCUT2D eigenvalue weighted by Crippen LogP contribution is -2.34. The van der Waals surface area contributed by atoms with Gasteiger partial charge in [-0.1, -0.05) is 40.7 Å². The fourth-order valence-electron chi connectivity index (χ4n) is 3.31. The van der Waals surface area contributed by atoms with Crippen molar-refractivity contribution < 1.29 is 4.79 Å². The molecule has 0 radical (unpaired) electrons. The molecule has 86 valence electrons. The van der Waals surface area contributed by atoms with E-state index >= 15 is 0 Å². The molecule has 0 N–H and O–H groups in total. The molecule has 2 atom stereocenters. The molecule has 0 aliphatic heterocycles. The molecule has 1 heteroatoms. The minimum Gasteiger partial charge on any atom is -0.295 e. The maximum absolute atomic E-state index is 11.4. The van der Waals surface area contributed by atoms with Gasteiger partial charge in [-0.15, -0.1) is 0 Å². The molecule has 0 aromatic rings. The summed E-state index contributed by atoms with van der Waals surface area (Å²) in [5, 5.41) is 0. The molecule has 1 rings (SSSR count). The highest BCUT2D eigenvalue weighted by Crippen LogP contribution is 2.41. The van der Waals surface area contributed by atoms with E-state index in [1.165, 1.54) is 0 Å². The first-order chi connectivity index (χ1) is 6.82. The number of ketones is 1. The molecule has 0 spiro atoms. The lowest BCUT2D eigenvalue weighted by atomic mass is 9.64. The SMILES string of the molecule is CC(C)C(C1CC=CC(=O)C1)C(C)(C)C. The van der Waals surface area contributed by atoms with Crippen LogP contribution in [0.3, 0.4) is 0 Å². The second-order valence-electron chi connectivity index (χ2n) is 6.20. The van der Waals surface area contributed by atoms with Crippen LogP contribution < -0.4 is 0 Å². The van der Waals surface area contributed by atoms with E-state index in [0.29, 0.717) is 29.0 Å². The van der Waals surface area contributed by atoms with Crippen LogP contribution in [0.5, 0.6) is 0 Å². The topological polar surface area (TPSA) is 17.1 Å². The van der Waals surface area contributed by atoms with Gasteiger partial charge in [0.1, 0.15) is 0 Å². The Kier molecular flexibility index (Phi) is 3.75. The zero-order valence-corrected chi connectivity index (χ0v) is 10.7. The van der Waals surface area contributed by atoms with Crippen LogP contribution in [0.15, 0.2) is 12.2 Å². The zero-order valence-electron chi connectivity index (χ0n) is 10.7. The standard InChI is InChI=1S/C14H24O/c1-10(2)13(14(3,4)5)11-7-6-8-12(15)9-11/h6,8,10-11,13H,7,9H2,1-5H3. The zero-order chi connectivity index (χ0) is 11.6. The van der Waals surface area contributed by atoms with Gasteiger partial charge in [-0.25, -0.2) is 0 Å². The maximum atomic E-state index is 11.4. The van der Waals surface area contributed by atoms with Crippen molar-refractivity contribution in [1.29, 1.82) is 0 Å². The van der Waals surface area contributed by atoms with Crippen molar-refractivity contribution in [3.05, 3.63) is 12.2 Å². The quantitative estimate of drug-likeness (QED) is 0.674. The van der Waals surface area contributed by atoms with E-state index in [-0.39, 0.29) is 0 Å². The number of hydrogen-bond acceptors (Lipinski definition) is 1. The van der Waals surface area contributed by atoms with E-state index in [9.17, 15) is 4.79 Å². The second-order valence-corrected chi connectivity index (χ2v) is 6.20. The van der Waals surface area contributed by atoms with Gasteiger partial charge in [0, 0.05) is 6.42 Å². The summed E-state index contributed by atoms with van der Waals surface area (Å²) in [6.45, 7) is 11.4. The highest BCUT2D eigenvalue weighted by Gasteiger charge is 2.35. The van der Waals surface area contributed by atoms with Crippen molar-refractivity contribution in [3.63, 3.8) is 0 Å². The summed E-state index contributed by atoms with van der Waals surface area (Å²) < 4.78 is 0. The van der Waals surface area contributed by atoms with Crippen LogP contribution >= 0.6 is 0 Å². The van der Waals surface area contributed by atoms with Crippen molar-refractivity contribution in [1.82, 2.24) is 0 Å². The Morgan fingerprint density at radius 2 is 1.93 bits per heavy atom. The largest absolute Gasteiger partial charge is 0.295 e. The van der Waals surface area contributed by atoms with E-state index in [4.69, 9.17) is 0 Å². The number of hydrogen-bond donors (Lipinski definition) is 0. The van der Waals surface area contributed by atoms with Crippen LogP contribution in [0.1, 0.15) is 47.5 Å². The molecule has 1 aliphatic carbocycles. The second kappa shape index (κ2) is 4.51. The van der Waals surface area contributed by atoms with E-state index in [1.54, 1.807) is 6.08 Å². The monoisotopic (exact) mass is 208 g/mol. The fourth-order valence-corrected chi connectivity index (χ4v) is 3.31. The van der Waals surface area contributed by atoms with E-state index in [0.717, 1.165) is 12.8 Å². The van der Waals surface area contributed by atoms with Crippen molar-refractivity contribution in [2.45, 2.75) is 47.5 Å². The van der Waals surface area contributed by atoms with Gasteiger partial charge in [0.15, 0.2) is 5.78 Å². The Morgan fingerprint density at radius 1 is 1.33 bits per heavy atom. The first-order valence-corrected chi connectivity index (χ1v) is 6.01. The molecule has 1 nitrogen and oxygen atoms in total. The minimum atomic E-state index is 0.296. The van der Waals surface area contributed by atoms with Crippen molar-refractivity contribution in [2.75, 3.05) is 0 Å². The predicted octanol–water partition coefficient (Wildman–Crippen LogP) is 3.84. The first-order valence-electron chi connectivity index (χ1n) is 6.01. The third-order valence-corrected chi connectivity index (χ3v) is 3.43. The summed E-state index contributed by atoms with van der Waals surface area (Å²) in [4.78, 5) is 11.4. The minimum absolute atomic E-state index is 0.296. The van der Waals surface area contributed by atoms with Gasteiger partial charge in [0.05, 0.1) is 0 Å². The molecule has 0 bridgehead atoms. The van der Waals surface area contributed by atoms with E-state index in [1.807, 2.05) is 0 Å². The van der Waals surface area contributed by atoms with Gasteiger partial charge < -0.3 is 0 Å². The lowest BCUT2D eigenvalue weighted by Gasteiger charge is -2.40. The van der Waals surface area contributed by atoms with Crippen LogP contribution in [-0.2, 0) is 4.79 Å². The average molecular weight is 208 g/mol. The summed E-state index contributed by atoms with van der Waals surface area (Å²) in [6, 6.07) is 0. The molecule has 0 aromatic heterocycles. The van der Waals surface area contributed by atoms with Crippen LogP contribution in [0, 0.1) is 23.2 Å². The summed E-state index contributed by atoms with van der Waals surface area (Å²) in [7, 11) is 0. The molecule has 1 aliphatic rings. The van der Waals surface area contributed by atoms with Gasteiger partial charge >= 0.3 is 0 Å². The average Bonchev–Trinajstić information content (AvgIpc) is 1.99. The van der Waals surface area contributed by atoms with Crippen molar-refractivity contribution >= 4 is 5.78 Å². The van der Waals surface area contributed by atoms with Gasteiger partial charge in [-0.3, -0.25) is 4.79 Å². The molecule has 0 saturated carbocycles. The van der Waals surface area contributed by atoms with Crippen molar-refractivity contribution in [2.24, 2.45) is 23.2 Å². The highest BCUT2D eigenvalue weighted by molar-refractivity contribution is 5.90. The summed E-state index contributed by atoms with van der Waals surface area (Å²) >= 11 is 0. The van der Waals surface area contributed by atoms with Gasteiger partial charge in [0.2, 0.25) is 0 Å². The Labute approximate surface area is 93.9 Å². The van der Waals surface area contributed by atoms with Crippen LogP contribution in [0.2, 0.25) is 0 Å². The van der Waals surface area contributed by atoms with Crippen LogP contribution in [0.25, 0.3) is 0 Å². The molecular weight excluding hydrogens is 184 g/mol. The van der Waals surface area contributed by atoms with E-state index < -0.39 is 0 Å². The van der Waals surface area contributed by atoms with Crippen molar-refractivity contribution in [3.8, 4) is 0 Å². The number of rotatable bonds is 2. The fraction of sp³-hybridized carbons (Fsp3) is 0.786. The molecule has 0 saturated heterocycles. The Hall–Kier alpha value is -0.590. The third-order valence-electron chi connectivity index (χ3n) is 3.43. The highest BCUT2D eigenvalue weighted by atomic mass is 16.1. The molecule has 15 heavy (non-hydrogen) atoms. The first kappa shape index (κ1) is 12.5. The third kappa shape index (κ3) is 3.19. The Balaban J connectivity index is 2.82. The Bertz CT molecular complexity index is 255. The lowest BCUT2D eigenvalue weighted by molar-refractivity contribution is -0.116. The normalized spacial score (nSPS) is 24.7. The maximum Gasteiger partial charge on any atom is 0.155 e. The summed E-state index contributed by atoms with van der Waals surface area (Å²) in [6.07, 6.45) is 5.62. The smallest absolute Gasteiger partial charge is 0.155 e. The molecule has 2 unspecified atom stereocenters. The Morgan fingerprint density at radius 3 is 2.33 bits per heavy atom. The van der Waals surface area contributed by atoms with Gasteiger partial charge in [-0.05, 0) is 35.7 Å². The number of carbonyl (C=O) groups excluding carboxylic acids is 1. The van der Waals surface area contributed by atoms with Gasteiger partial charge in [0.25, 0.3) is 0 Å². The molecular formula is C14H24O.